The van der Waals surface area contributed by atoms with Crippen LogP contribution in [0.15, 0.2) is 30.3 Å². The van der Waals surface area contributed by atoms with Crippen molar-refractivity contribution in [3.8, 4) is 0 Å². The van der Waals surface area contributed by atoms with Crippen molar-refractivity contribution in [1.82, 2.24) is 0 Å². The molecule has 0 unspecified atom stereocenters. The second-order valence-electron chi connectivity index (χ2n) is 3.79. The third-order valence-electron chi connectivity index (χ3n) is 2.36. The molecule has 0 bridgehead atoms. The maximum Gasteiger partial charge on any atom is 0.189 e. The van der Waals surface area contributed by atoms with Gasteiger partial charge in [0, 0.05) is 0 Å². The van der Waals surface area contributed by atoms with E-state index < -0.39 is 8.32 Å². The van der Waals surface area contributed by atoms with Crippen molar-refractivity contribution in [2.24, 2.45) is 0 Å². The second-order valence-corrected chi connectivity index (χ2v) is 7.96. The van der Waals surface area contributed by atoms with E-state index in [1.807, 2.05) is 31.3 Å². The zero-order valence-corrected chi connectivity index (χ0v) is 8.91. The molecular formula is C10H16OSi. The van der Waals surface area contributed by atoms with Crippen LogP contribution in [0.2, 0.25) is 13.1 Å². The molecule has 0 aliphatic carbocycles. The predicted molar refractivity (Wildman–Crippen MR) is 54.6 cm³/mol. The third kappa shape index (κ3) is 2.19. The summed E-state index contributed by atoms with van der Waals surface area (Å²) in [6.45, 7) is 6.05. The van der Waals surface area contributed by atoms with E-state index in [1.54, 1.807) is 0 Å². The van der Waals surface area contributed by atoms with Crippen molar-refractivity contribution in [3.63, 3.8) is 0 Å². The molecule has 2 heteroatoms. The van der Waals surface area contributed by atoms with E-state index in [2.05, 4.69) is 19.1 Å². The Balaban J connectivity index is 2.86. The highest BCUT2D eigenvalue weighted by Crippen LogP contribution is 2.23. The Morgan fingerprint density at radius 1 is 1.17 bits per heavy atom. The van der Waals surface area contributed by atoms with Gasteiger partial charge in [-0.25, -0.2) is 0 Å². The van der Waals surface area contributed by atoms with Crippen LogP contribution in [-0.4, -0.2) is 13.1 Å². The highest BCUT2D eigenvalue weighted by Gasteiger charge is 2.26. The van der Waals surface area contributed by atoms with Crippen LogP contribution in [0.4, 0.5) is 0 Å². The standard InChI is InChI=1S/C10H16OSi/c1-9(12(2,3)11)10-7-5-4-6-8-10/h4-9,11H,1-3H3/t9-/m0/s1. The number of hydrogen-bond acceptors (Lipinski definition) is 1. The van der Waals surface area contributed by atoms with E-state index >= 15 is 0 Å². The molecule has 0 saturated heterocycles. The normalized spacial score (nSPS) is 14.3. The van der Waals surface area contributed by atoms with Gasteiger partial charge >= 0.3 is 0 Å². The molecule has 0 aliphatic heterocycles. The fourth-order valence-corrected chi connectivity index (χ4v) is 2.16. The first-order valence-electron chi connectivity index (χ1n) is 4.29. The van der Waals surface area contributed by atoms with Crippen LogP contribution in [0.1, 0.15) is 18.0 Å². The van der Waals surface area contributed by atoms with E-state index in [9.17, 15) is 4.80 Å². The van der Waals surface area contributed by atoms with Crippen LogP contribution in [0, 0.1) is 0 Å². The molecule has 1 rings (SSSR count). The van der Waals surface area contributed by atoms with Crippen molar-refractivity contribution < 1.29 is 4.80 Å². The van der Waals surface area contributed by atoms with Gasteiger partial charge in [0.25, 0.3) is 0 Å². The van der Waals surface area contributed by atoms with Crippen molar-refractivity contribution in [2.75, 3.05) is 0 Å². The van der Waals surface area contributed by atoms with Gasteiger partial charge in [-0.15, -0.1) is 0 Å². The minimum absolute atomic E-state index is 0.318. The van der Waals surface area contributed by atoms with Gasteiger partial charge in [-0.1, -0.05) is 37.3 Å². The molecule has 1 aromatic rings. The van der Waals surface area contributed by atoms with Crippen LogP contribution < -0.4 is 0 Å². The summed E-state index contributed by atoms with van der Waals surface area (Å²) in [5.74, 6) is 0. The van der Waals surface area contributed by atoms with Crippen molar-refractivity contribution in [1.29, 1.82) is 0 Å². The summed E-state index contributed by atoms with van der Waals surface area (Å²) in [6.07, 6.45) is 0. The average molecular weight is 180 g/mol. The highest BCUT2D eigenvalue weighted by atomic mass is 28.4. The Morgan fingerprint density at radius 2 is 1.67 bits per heavy atom. The van der Waals surface area contributed by atoms with Crippen LogP contribution in [-0.2, 0) is 0 Å². The number of benzene rings is 1. The summed E-state index contributed by atoms with van der Waals surface area (Å²) in [7, 11) is -2.00. The van der Waals surface area contributed by atoms with Crippen LogP contribution in [0.25, 0.3) is 0 Å². The molecule has 0 amide bonds. The molecule has 1 N–H and O–H groups in total. The second kappa shape index (κ2) is 3.41. The van der Waals surface area contributed by atoms with E-state index in [0.717, 1.165) is 0 Å². The highest BCUT2D eigenvalue weighted by molar-refractivity contribution is 6.71. The average Bonchev–Trinajstić information content (AvgIpc) is 2.03. The van der Waals surface area contributed by atoms with Gasteiger partial charge in [-0.3, -0.25) is 0 Å². The van der Waals surface area contributed by atoms with Gasteiger partial charge in [-0.2, -0.15) is 0 Å². The summed E-state index contributed by atoms with van der Waals surface area (Å²) in [4.78, 5) is 9.88. The molecule has 1 aromatic carbocycles. The lowest BCUT2D eigenvalue weighted by molar-refractivity contribution is 0.532. The Morgan fingerprint density at radius 3 is 2.08 bits per heavy atom. The van der Waals surface area contributed by atoms with Crippen molar-refractivity contribution >= 4 is 8.32 Å². The van der Waals surface area contributed by atoms with E-state index in [0.29, 0.717) is 5.54 Å². The first-order chi connectivity index (χ1) is 5.52. The molecule has 1 atom stereocenters. The van der Waals surface area contributed by atoms with Crippen LogP contribution >= 0.6 is 0 Å². The quantitative estimate of drug-likeness (QED) is 0.693. The molecular weight excluding hydrogens is 164 g/mol. The molecule has 0 aromatic heterocycles. The molecule has 0 aliphatic rings. The maximum absolute atomic E-state index is 9.88. The number of rotatable bonds is 2. The van der Waals surface area contributed by atoms with E-state index in [4.69, 9.17) is 0 Å². The molecule has 0 radical (unpaired) electrons. The van der Waals surface area contributed by atoms with E-state index in [1.165, 1.54) is 5.56 Å². The minimum Gasteiger partial charge on any atom is -0.432 e. The van der Waals surface area contributed by atoms with Gasteiger partial charge in [-0.05, 0) is 24.2 Å². The topological polar surface area (TPSA) is 20.2 Å². The Kier molecular flexibility index (Phi) is 2.70. The van der Waals surface area contributed by atoms with Crippen LogP contribution in [0.5, 0.6) is 0 Å². The van der Waals surface area contributed by atoms with Crippen molar-refractivity contribution in [3.05, 3.63) is 35.9 Å². The smallest absolute Gasteiger partial charge is 0.189 e. The molecule has 1 nitrogen and oxygen atoms in total. The summed E-state index contributed by atoms with van der Waals surface area (Å²) in [5, 5.41) is 0. The fourth-order valence-electron chi connectivity index (χ4n) is 1.15. The van der Waals surface area contributed by atoms with Gasteiger partial charge in [0.05, 0.1) is 0 Å². The fraction of sp³-hybridized carbons (Fsp3) is 0.400. The van der Waals surface area contributed by atoms with Gasteiger partial charge < -0.3 is 4.80 Å². The minimum atomic E-state index is -2.00. The summed E-state index contributed by atoms with van der Waals surface area (Å²) < 4.78 is 0. The summed E-state index contributed by atoms with van der Waals surface area (Å²) in [6, 6.07) is 10.2. The molecule has 66 valence electrons. The third-order valence-corrected chi connectivity index (χ3v) is 4.81. The maximum atomic E-state index is 9.88. The van der Waals surface area contributed by atoms with Gasteiger partial charge in [0.15, 0.2) is 8.32 Å². The van der Waals surface area contributed by atoms with E-state index in [-0.39, 0.29) is 0 Å². The predicted octanol–water partition coefficient (Wildman–Crippen LogP) is 2.53. The van der Waals surface area contributed by atoms with Gasteiger partial charge in [0.2, 0.25) is 0 Å². The Bertz CT molecular complexity index is 238. The zero-order valence-electron chi connectivity index (χ0n) is 7.91. The lowest BCUT2D eigenvalue weighted by Gasteiger charge is -2.23. The molecule has 12 heavy (non-hydrogen) atoms. The molecule has 0 saturated carbocycles. The van der Waals surface area contributed by atoms with Crippen molar-refractivity contribution in [2.45, 2.75) is 25.6 Å². The monoisotopic (exact) mass is 180 g/mol. The molecule has 0 heterocycles. The summed E-state index contributed by atoms with van der Waals surface area (Å²) in [5.41, 5.74) is 1.57. The molecule has 0 spiro atoms. The van der Waals surface area contributed by atoms with Gasteiger partial charge in [0.1, 0.15) is 0 Å². The SMILES string of the molecule is C[C@@H](c1ccccc1)[Si](C)(C)O. The largest absolute Gasteiger partial charge is 0.432 e. The molecule has 0 fully saturated rings. The first-order valence-corrected chi connectivity index (χ1v) is 7.31. The lowest BCUT2D eigenvalue weighted by Crippen LogP contribution is -2.33. The lowest BCUT2D eigenvalue weighted by atomic mass is 10.2. The zero-order chi connectivity index (χ0) is 9.19. The van der Waals surface area contributed by atoms with Crippen LogP contribution in [0.3, 0.4) is 0 Å². The Labute approximate surface area is 75.2 Å². The first kappa shape index (κ1) is 9.48. The number of hydrogen-bond donors (Lipinski definition) is 1. The Hall–Kier alpha value is -0.603. The summed E-state index contributed by atoms with van der Waals surface area (Å²) >= 11 is 0.